The van der Waals surface area contributed by atoms with Crippen molar-refractivity contribution in [2.45, 2.75) is 0 Å². The van der Waals surface area contributed by atoms with E-state index in [1.54, 1.807) is 6.07 Å². The zero-order chi connectivity index (χ0) is 8.97. The summed E-state index contributed by atoms with van der Waals surface area (Å²) in [6.07, 6.45) is 0.702. The first-order valence-electron chi connectivity index (χ1n) is 3.14. The summed E-state index contributed by atoms with van der Waals surface area (Å²) in [5.41, 5.74) is 0.222. The van der Waals surface area contributed by atoms with Gasteiger partial charge in [-0.15, -0.1) is 0 Å². The van der Waals surface area contributed by atoms with Gasteiger partial charge in [0.05, 0.1) is 5.56 Å². The van der Waals surface area contributed by atoms with E-state index in [2.05, 4.69) is 4.98 Å². The summed E-state index contributed by atoms with van der Waals surface area (Å²) in [6, 6.07) is 3.03. The molecule has 0 unspecified atom stereocenters. The Morgan fingerprint density at radius 3 is 3.00 bits per heavy atom. The number of nitrogens with one attached hydrogen (secondary N) is 1. The highest BCUT2D eigenvalue weighted by molar-refractivity contribution is 5.90. The Morgan fingerprint density at radius 2 is 2.42 bits per heavy atom. The Bertz CT molecular complexity index is 311. The molecule has 12 heavy (non-hydrogen) atoms. The van der Waals surface area contributed by atoms with Crippen LogP contribution in [0.15, 0.2) is 18.3 Å². The van der Waals surface area contributed by atoms with E-state index in [0.717, 1.165) is 0 Å². The molecule has 0 aromatic carbocycles. The van der Waals surface area contributed by atoms with Crippen molar-refractivity contribution < 1.29 is 14.7 Å². The molecule has 0 saturated heterocycles. The van der Waals surface area contributed by atoms with E-state index in [1.165, 1.54) is 12.3 Å². The van der Waals surface area contributed by atoms with Gasteiger partial charge in [0.2, 0.25) is 0 Å². The molecule has 0 fully saturated rings. The zero-order valence-electron chi connectivity index (χ0n) is 6.02. The summed E-state index contributed by atoms with van der Waals surface area (Å²) >= 11 is 0. The topological polar surface area (TPSA) is 79.3 Å². The maximum Gasteiger partial charge on any atom is 0.410 e. The maximum absolute atomic E-state index is 10.3. The molecule has 1 aromatic heterocycles. The Kier molecular flexibility index (Phi) is 2.37. The minimum atomic E-state index is -1.24. The minimum absolute atomic E-state index is 0.0556. The van der Waals surface area contributed by atoms with Crippen molar-refractivity contribution in [3.05, 3.63) is 23.9 Å². The summed E-state index contributed by atoms with van der Waals surface area (Å²) in [6.45, 7) is 0. The zero-order valence-corrected chi connectivity index (χ0v) is 6.02. The van der Waals surface area contributed by atoms with Crippen molar-refractivity contribution in [1.29, 1.82) is 0 Å². The normalized spacial score (nSPS) is 9.00. The van der Waals surface area contributed by atoms with Gasteiger partial charge in [-0.05, 0) is 12.1 Å². The standard InChI is InChI=1S/C7H6N2O3/c10-4-5-2-1-3-8-6(5)9-7(11)12/h1-4H,(H,8,9)(H,11,12). The van der Waals surface area contributed by atoms with Crippen LogP contribution in [0.2, 0.25) is 0 Å². The second-order valence-corrected chi connectivity index (χ2v) is 1.99. The average Bonchev–Trinajstić information content (AvgIpc) is 2.04. The van der Waals surface area contributed by atoms with E-state index in [4.69, 9.17) is 5.11 Å². The molecule has 0 aliphatic carbocycles. The predicted octanol–water partition coefficient (Wildman–Crippen LogP) is 0.984. The number of pyridine rings is 1. The van der Waals surface area contributed by atoms with Gasteiger partial charge in [-0.2, -0.15) is 0 Å². The van der Waals surface area contributed by atoms with Crippen LogP contribution in [-0.2, 0) is 0 Å². The van der Waals surface area contributed by atoms with Gasteiger partial charge in [-0.1, -0.05) is 0 Å². The average molecular weight is 166 g/mol. The highest BCUT2D eigenvalue weighted by Crippen LogP contribution is 2.07. The van der Waals surface area contributed by atoms with Crippen molar-refractivity contribution in [1.82, 2.24) is 4.98 Å². The molecule has 1 rings (SSSR count). The summed E-state index contributed by atoms with van der Waals surface area (Å²) < 4.78 is 0. The molecule has 0 radical (unpaired) electrons. The van der Waals surface area contributed by atoms with Crippen LogP contribution in [0.1, 0.15) is 10.4 Å². The molecule has 1 aromatic rings. The quantitative estimate of drug-likeness (QED) is 0.642. The molecule has 0 atom stereocenters. The van der Waals surface area contributed by atoms with E-state index in [1.807, 2.05) is 5.32 Å². The number of aldehydes is 1. The molecule has 5 nitrogen and oxygen atoms in total. The predicted molar refractivity (Wildman–Crippen MR) is 41.3 cm³/mol. The lowest BCUT2D eigenvalue weighted by molar-refractivity contribution is 0.112. The highest BCUT2D eigenvalue weighted by Gasteiger charge is 2.03. The fourth-order valence-corrected chi connectivity index (χ4v) is 0.719. The van der Waals surface area contributed by atoms with Crippen LogP contribution < -0.4 is 5.32 Å². The Labute approximate surface area is 68.0 Å². The van der Waals surface area contributed by atoms with Crippen LogP contribution >= 0.6 is 0 Å². The van der Waals surface area contributed by atoms with Gasteiger partial charge >= 0.3 is 6.09 Å². The number of anilines is 1. The number of amides is 1. The van der Waals surface area contributed by atoms with E-state index in [9.17, 15) is 9.59 Å². The van der Waals surface area contributed by atoms with Crippen LogP contribution in [-0.4, -0.2) is 22.5 Å². The SMILES string of the molecule is O=Cc1cccnc1NC(=O)O. The molecular weight excluding hydrogens is 160 g/mol. The first-order valence-corrected chi connectivity index (χ1v) is 3.14. The number of rotatable bonds is 2. The van der Waals surface area contributed by atoms with Crippen molar-refractivity contribution in [3.63, 3.8) is 0 Å². The molecule has 0 aliphatic rings. The summed E-state index contributed by atoms with van der Waals surface area (Å²) in [7, 11) is 0. The van der Waals surface area contributed by atoms with Gasteiger partial charge in [0.1, 0.15) is 5.82 Å². The molecule has 0 bridgehead atoms. The lowest BCUT2D eigenvalue weighted by Gasteiger charge is -2.00. The molecular formula is C7H6N2O3. The summed E-state index contributed by atoms with van der Waals surface area (Å²) in [4.78, 5) is 24.2. The number of carbonyl (C=O) groups excluding carboxylic acids is 1. The molecule has 5 heteroatoms. The van der Waals surface area contributed by atoms with E-state index in [-0.39, 0.29) is 11.4 Å². The number of aromatic nitrogens is 1. The van der Waals surface area contributed by atoms with E-state index in [0.29, 0.717) is 6.29 Å². The maximum atomic E-state index is 10.3. The lowest BCUT2D eigenvalue weighted by Crippen LogP contribution is -2.10. The smallest absolute Gasteiger partial charge is 0.410 e. The Morgan fingerprint density at radius 1 is 1.67 bits per heavy atom. The second-order valence-electron chi connectivity index (χ2n) is 1.99. The number of hydrogen-bond donors (Lipinski definition) is 2. The summed E-state index contributed by atoms with van der Waals surface area (Å²) in [5, 5.41) is 10.3. The third-order valence-electron chi connectivity index (χ3n) is 1.19. The molecule has 62 valence electrons. The fraction of sp³-hybridized carbons (Fsp3) is 0. The molecule has 1 amide bonds. The molecule has 2 N–H and O–H groups in total. The van der Waals surface area contributed by atoms with Crippen LogP contribution in [0.3, 0.4) is 0 Å². The van der Waals surface area contributed by atoms with Crippen LogP contribution in [0, 0.1) is 0 Å². The Balaban J connectivity index is 2.96. The third kappa shape index (κ3) is 1.79. The monoisotopic (exact) mass is 166 g/mol. The number of hydrogen-bond acceptors (Lipinski definition) is 3. The van der Waals surface area contributed by atoms with Crippen LogP contribution in [0.5, 0.6) is 0 Å². The van der Waals surface area contributed by atoms with Gasteiger partial charge < -0.3 is 5.11 Å². The van der Waals surface area contributed by atoms with Crippen LogP contribution in [0.4, 0.5) is 10.6 Å². The molecule has 1 heterocycles. The molecule has 0 aliphatic heterocycles. The first kappa shape index (κ1) is 8.19. The number of nitrogens with zero attached hydrogens (tertiary/aromatic N) is 1. The van der Waals surface area contributed by atoms with Gasteiger partial charge in [0, 0.05) is 6.20 Å². The lowest BCUT2D eigenvalue weighted by atomic mass is 10.3. The van der Waals surface area contributed by atoms with Gasteiger partial charge in [-0.25, -0.2) is 9.78 Å². The van der Waals surface area contributed by atoms with Crippen LogP contribution in [0.25, 0.3) is 0 Å². The van der Waals surface area contributed by atoms with Gasteiger partial charge in [-0.3, -0.25) is 10.1 Å². The summed E-state index contributed by atoms with van der Waals surface area (Å²) in [5.74, 6) is 0.0556. The number of carbonyl (C=O) groups is 2. The Hall–Kier alpha value is -1.91. The molecule has 0 saturated carbocycles. The van der Waals surface area contributed by atoms with Crippen molar-refractivity contribution in [3.8, 4) is 0 Å². The van der Waals surface area contributed by atoms with E-state index >= 15 is 0 Å². The number of carboxylic acid groups (broad SMARTS) is 1. The first-order chi connectivity index (χ1) is 5.74. The van der Waals surface area contributed by atoms with Crippen molar-refractivity contribution in [2.75, 3.05) is 5.32 Å². The second kappa shape index (κ2) is 3.47. The van der Waals surface area contributed by atoms with E-state index < -0.39 is 6.09 Å². The van der Waals surface area contributed by atoms with Gasteiger partial charge in [0.25, 0.3) is 0 Å². The fourth-order valence-electron chi connectivity index (χ4n) is 0.719. The highest BCUT2D eigenvalue weighted by atomic mass is 16.4. The third-order valence-corrected chi connectivity index (χ3v) is 1.19. The molecule has 0 spiro atoms. The minimum Gasteiger partial charge on any atom is -0.465 e. The van der Waals surface area contributed by atoms with Crippen molar-refractivity contribution >= 4 is 18.2 Å². The largest absolute Gasteiger partial charge is 0.465 e. The van der Waals surface area contributed by atoms with Crippen molar-refractivity contribution in [2.24, 2.45) is 0 Å². The van der Waals surface area contributed by atoms with Gasteiger partial charge in [0.15, 0.2) is 6.29 Å².